The van der Waals surface area contributed by atoms with Gasteiger partial charge in [0, 0.05) is 5.39 Å². The Hall–Kier alpha value is -2.03. The summed E-state index contributed by atoms with van der Waals surface area (Å²) in [6.45, 7) is 0. The number of ether oxygens (including phenoxy) is 1. The summed E-state index contributed by atoms with van der Waals surface area (Å²) in [5, 5.41) is 11.5. The van der Waals surface area contributed by atoms with Gasteiger partial charge in [-0.1, -0.05) is 30.3 Å². The van der Waals surface area contributed by atoms with E-state index in [1.807, 2.05) is 36.4 Å². The van der Waals surface area contributed by atoms with Crippen LogP contribution in [0.15, 0.2) is 36.4 Å². The molecule has 1 saturated carbocycles. The molecule has 0 radical (unpaired) electrons. The van der Waals surface area contributed by atoms with Crippen LogP contribution in [0, 0.1) is 5.92 Å². The molecule has 0 aliphatic heterocycles. The van der Waals surface area contributed by atoms with Crippen molar-refractivity contribution in [3.63, 3.8) is 0 Å². The van der Waals surface area contributed by atoms with Crippen LogP contribution in [0.3, 0.4) is 0 Å². The van der Waals surface area contributed by atoms with Gasteiger partial charge >= 0.3 is 5.97 Å². The van der Waals surface area contributed by atoms with Crippen molar-refractivity contribution in [3.8, 4) is 5.75 Å². The van der Waals surface area contributed by atoms with E-state index in [0.717, 1.165) is 34.9 Å². The van der Waals surface area contributed by atoms with E-state index in [9.17, 15) is 9.90 Å². The molecule has 2 aromatic rings. The molecule has 1 aliphatic carbocycles. The summed E-state index contributed by atoms with van der Waals surface area (Å²) in [5.74, 6) is -0.0396. The van der Waals surface area contributed by atoms with E-state index in [1.54, 1.807) is 7.11 Å². The minimum atomic E-state index is -0.724. The van der Waals surface area contributed by atoms with Crippen LogP contribution in [0.25, 0.3) is 10.8 Å². The number of rotatable bonds is 4. The Labute approximate surface area is 111 Å². The Morgan fingerprint density at radius 3 is 2.47 bits per heavy atom. The molecule has 3 nitrogen and oxygen atoms in total. The summed E-state index contributed by atoms with van der Waals surface area (Å²) in [7, 11) is 1.64. The van der Waals surface area contributed by atoms with Gasteiger partial charge in [-0.2, -0.15) is 0 Å². The molecule has 1 N–H and O–H groups in total. The zero-order chi connectivity index (χ0) is 13.4. The lowest BCUT2D eigenvalue weighted by molar-refractivity contribution is -0.139. The van der Waals surface area contributed by atoms with Crippen LogP contribution in [0.4, 0.5) is 0 Å². The van der Waals surface area contributed by atoms with Gasteiger partial charge in [0.15, 0.2) is 0 Å². The molecule has 0 spiro atoms. The molecule has 1 fully saturated rings. The van der Waals surface area contributed by atoms with Gasteiger partial charge in [0.25, 0.3) is 0 Å². The first-order chi connectivity index (χ1) is 9.22. The largest absolute Gasteiger partial charge is 0.496 e. The lowest BCUT2D eigenvalue weighted by Crippen LogP contribution is -2.14. The topological polar surface area (TPSA) is 46.5 Å². The van der Waals surface area contributed by atoms with Gasteiger partial charge < -0.3 is 9.84 Å². The number of methoxy groups -OCH3 is 1. The van der Waals surface area contributed by atoms with Crippen molar-refractivity contribution in [3.05, 3.63) is 42.0 Å². The Morgan fingerprint density at radius 1 is 1.21 bits per heavy atom. The molecule has 98 valence electrons. The van der Waals surface area contributed by atoms with Crippen LogP contribution < -0.4 is 4.74 Å². The van der Waals surface area contributed by atoms with Crippen LogP contribution in [0.2, 0.25) is 0 Å². The summed E-state index contributed by atoms with van der Waals surface area (Å²) in [4.78, 5) is 11.5. The summed E-state index contributed by atoms with van der Waals surface area (Å²) in [5.41, 5.74) is 0.909. The first-order valence-corrected chi connectivity index (χ1v) is 6.51. The van der Waals surface area contributed by atoms with Gasteiger partial charge in [-0.15, -0.1) is 0 Å². The summed E-state index contributed by atoms with van der Waals surface area (Å²) in [6, 6.07) is 11.6. The van der Waals surface area contributed by atoms with Crippen molar-refractivity contribution in [1.29, 1.82) is 0 Å². The van der Waals surface area contributed by atoms with Crippen molar-refractivity contribution in [1.82, 2.24) is 0 Å². The van der Waals surface area contributed by atoms with E-state index in [0.29, 0.717) is 0 Å². The Bertz CT molecular complexity index is 629. The lowest BCUT2D eigenvalue weighted by Gasteiger charge is -2.16. The SMILES string of the molecule is COc1ccc(C(C(=O)O)C2CC2)c2ccccc12. The van der Waals surface area contributed by atoms with Crippen molar-refractivity contribution in [2.24, 2.45) is 5.92 Å². The fraction of sp³-hybridized carbons (Fsp3) is 0.312. The van der Waals surface area contributed by atoms with E-state index >= 15 is 0 Å². The van der Waals surface area contributed by atoms with E-state index in [2.05, 4.69) is 0 Å². The normalized spacial score (nSPS) is 16.3. The van der Waals surface area contributed by atoms with Gasteiger partial charge in [0.2, 0.25) is 0 Å². The summed E-state index contributed by atoms with van der Waals surface area (Å²) in [6.07, 6.45) is 2.02. The third-order valence-corrected chi connectivity index (χ3v) is 3.83. The van der Waals surface area contributed by atoms with Crippen LogP contribution >= 0.6 is 0 Å². The molecular formula is C16H16O3. The maximum absolute atomic E-state index is 11.5. The van der Waals surface area contributed by atoms with Crippen LogP contribution in [0.5, 0.6) is 5.75 Å². The standard InChI is InChI=1S/C16H16O3/c1-19-14-9-8-13(11-4-2-3-5-12(11)14)15(16(17)18)10-6-7-10/h2-5,8-10,15H,6-7H2,1H3,(H,17,18). The molecule has 3 heteroatoms. The molecule has 0 amide bonds. The molecule has 1 aliphatic rings. The van der Waals surface area contributed by atoms with Gasteiger partial charge in [0.05, 0.1) is 13.0 Å². The van der Waals surface area contributed by atoms with E-state index in [4.69, 9.17) is 4.74 Å². The smallest absolute Gasteiger partial charge is 0.311 e. The van der Waals surface area contributed by atoms with Crippen LogP contribution in [-0.4, -0.2) is 18.2 Å². The second-order valence-electron chi connectivity index (χ2n) is 5.06. The van der Waals surface area contributed by atoms with Crippen LogP contribution in [-0.2, 0) is 4.79 Å². The van der Waals surface area contributed by atoms with Gasteiger partial charge in [-0.25, -0.2) is 0 Å². The summed E-state index contributed by atoms with van der Waals surface area (Å²) < 4.78 is 5.35. The second-order valence-corrected chi connectivity index (χ2v) is 5.06. The zero-order valence-electron chi connectivity index (χ0n) is 10.8. The highest BCUT2D eigenvalue weighted by atomic mass is 16.5. The second kappa shape index (κ2) is 4.57. The number of carboxylic acids is 1. The number of benzene rings is 2. The average molecular weight is 256 g/mol. The highest BCUT2D eigenvalue weighted by Crippen LogP contribution is 2.45. The van der Waals surface area contributed by atoms with Crippen LogP contribution in [0.1, 0.15) is 24.3 Å². The first kappa shape index (κ1) is 12.0. The number of hydrogen-bond donors (Lipinski definition) is 1. The molecule has 3 rings (SSSR count). The fourth-order valence-corrected chi connectivity index (χ4v) is 2.76. The molecule has 0 heterocycles. The average Bonchev–Trinajstić information content (AvgIpc) is 3.23. The van der Waals surface area contributed by atoms with E-state index < -0.39 is 11.9 Å². The molecule has 0 bridgehead atoms. The molecule has 1 atom stereocenters. The summed E-state index contributed by atoms with van der Waals surface area (Å²) >= 11 is 0. The van der Waals surface area contributed by atoms with Crippen molar-refractivity contribution in [2.45, 2.75) is 18.8 Å². The highest BCUT2D eigenvalue weighted by Gasteiger charge is 2.38. The first-order valence-electron chi connectivity index (χ1n) is 6.51. The van der Waals surface area contributed by atoms with E-state index in [1.165, 1.54) is 0 Å². The molecule has 1 unspecified atom stereocenters. The number of fused-ring (bicyclic) bond motifs is 1. The maximum Gasteiger partial charge on any atom is 0.311 e. The quantitative estimate of drug-likeness (QED) is 0.911. The van der Waals surface area contributed by atoms with Crippen molar-refractivity contribution >= 4 is 16.7 Å². The number of carboxylic acid groups (broad SMARTS) is 1. The highest BCUT2D eigenvalue weighted by molar-refractivity contribution is 5.94. The maximum atomic E-state index is 11.5. The number of hydrogen-bond acceptors (Lipinski definition) is 2. The molecule has 0 aromatic heterocycles. The molecule has 19 heavy (non-hydrogen) atoms. The van der Waals surface area contributed by atoms with Gasteiger partial charge in [-0.3, -0.25) is 4.79 Å². The zero-order valence-corrected chi connectivity index (χ0v) is 10.8. The molecular weight excluding hydrogens is 240 g/mol. The third-order valence-electron chi connectivity index (χ3n) is 3.83. The molecule has 0 saturated heterocycles. The lowest BCUT2D eigenvalue weighted by atomic mass is 9.89. The number of aliphatic carboxylic acids is 1. The van der Waals surface area contributed by atoms with Gasteiger partial charge in [-0.05, 0) is 35.8 Å². The van der Waals surface area contributed by atoms with Crippen molar-refractivity contribution < 1.29 is 14.6 Å². The minimum absolute atomic E-state index is 0.286. The van der Waals surface area contributed by atoms with Gasteiger partial charge in [0.1, 0.15) is 5.75 Å². The predicted octanol–water partition coefficient (Wildman–Crippen LogP) is 3.43. The Morgan fingerprint density at radius 2 is 1.89 bits per heavy atom. The van der Waals surface area contributed by atoms with E-state index in [-0.39, 0.29) is 5.92 Å². The Kier molecular flexibility index (Phi) is 2.90. The molecule has 2 aromatic carbocycles. The number of carbonyl (C=O) groups is 1. The third kappa shape index (κ3) is 2.05. The fourth-order valence-electron chi connectivity index (χ4n) is 2.76. The predicted molar refractivity (Wildman–Crippen MR) is 73.6 cm³/mol. The Balaban J connectivity index is 2.21. The minimum Gasteiger partial charge on any atom is -0.496 e. The monoisotopic (exact) mass is 256 g/mol. The van der Waals surface area contributed by atoms with Crippen molar-refractivity contribution in [2.75, 3.05) is 7.11 Å².